The van der Waals surface area contributed by atoms with Gasteiger partial charge in [-0.1, -0.05) is 0 Å². The summed E-state index contributed by atoms with van der Waals surface area (Å²) in [4.78, 5) is 9.09. The number of ether oxygens (including phenoxy) is 1. The Hall–Kier alpha value is -1.00. The molecule has 0 spiro atoms. The molecule has 0 aromatic carbocycles. The second kappa shape index (κ2) is 3.87. The molecule has 1 fully saturated rings. The molecule has 1 unspecified atom stereocenters. The lowest BCUT2D eigenvalue weighted by atomic mass is 10.1. The Morgan fingerprint density at radius 1 is 1.47 bits per heavy atom. The number of fused-ring (bicyclic) bond motifs is 1. The summed E-state index contributed by atoms with van der Waals surface area (Å²) in [6.45, 7) is 3.56. The summed E-state index contributed by atoms with van der Waals surface area (Å²) < 4.78 is 5.41. The molecule has 3 heterocycles. The van der Waals surface area contributed by atoms with Crippen molar-refractivity contribution in [2.75, 3.05) is 19.7 Å². The van der Waals surface area contributed by atoms with Crippen molar-refractivity contribution in [3.8, 4) is 0 Å². The zero-order chi connectivity index (χ0) is 10.1. The van der Waals surface area contributed by atoms with E-state index < -0.39 is 0 Å². The van der Waals surface area contributed by atoms with Gasteiger partial charge in [0, 0.05) is 18.7 Å². The maximum atomic E-state index is 5.41. The molecule has 4 heteroatoms. The van der Waals surface area contributed by atoms with Crippen molar-refractivity contribution >= 4 is 0 Å². The highest BCUT2D eigenvalue weighted by Crippen LogP contribution is 2.21. The molecule has 1 N–H and O–H groups in total. The van der Waals surface area contributed by atoms with Gasteiger partial charge >= 0.3 is 0 Å². The topological polar surface area (TPSA) is 47.0 Å². The van der Waals surface area contributed by atoms with E-state index in [-0.39, 0.29) is 0 Å². The van der Waals surface area contributed by atoms with Crippen LogP contribution in [0.4, 0.5) is 0 Å². The third kappa shape index (κ3) is 1.75. The lowest BCUT2D eigenvalue weighted by Gasteiger charge is -2.16. The Bertz CT molecular complexity index is 361. The third-order valence-corrected chi connectivity index (χ3v) is 3.15. The first-order valence-electron chi connectivity index (χ1n) is 5.56. The Kier molecular flexibility index (Phi) is 2.38. The number of aromatic nitrogens is 2. The fourth-order valence-electron chi connectivity index (χ4n) is 2.21. The van der Waals surface area contributed by atoms with Gasteiger partial charge in [-0.05, 0) is 24.9 Å². The van der Waals surface area contributed by atoms with Crippen LogP contribution in [-0.2, 0) is 17.8 Å². The summed E-state index contributed by atoms with van der Waals surface area (Å²) in [6, 6.07) is 0. The minimum absolute atomic E-state index is 0.497. The predicted molar refractivity (Wildman–Crippen MR) is 55.6 cm³/mol. The first-order chi connectivity index (χ1) is 7.43. The van der Waals surface area contributed by atoms with Gasteiger partial charge in [-0.2, -0.15) is 0 Å². The SMILES string of the molecule is c1nc(C2CCNC2)nc2c1CCOC2. The second-order valence-corrected chi connectivity index (χ2v) is 4.19. The van der Waals surface area contributed by atoms with Gasteiger partial charge in [0.05, 0.1) is 18.9 Å². The molecule has 80 valence electrons. The zero-order valence-electron chi connectivity index (χ0n) is 8.70. The largest absolute Gasteiger partial charge is 0.375 e. The average Bonchev–Trinajstić information content (AvgIpc) is 2.82. The van der Waals surface area contributed by atoms with E-state index in [2.05, 4.69) is 15.3 Å². The van der Waals surface area contributed by atoms with Crippen molar-refractivity contribution in [3.63, 3.8) is 0 Å². The molecular weight excluding hydrogens is 190 g/mol. The van der Waals surface area contributed by atoms with Crippen LogP contribution >= 0.6 is 0 Å². The molecular formula is C11H15N3O. The molecule has 0 bridgehead atoms. The van der Waals surface area contributed by atoms with Crippen LogP contribution in [-0.4, -0.2) is 29.7 Å². The van der Waals surface area contributed by atoms with Gasteiger partial charge in [0.1, 0.15) is 5.82 Å². The Morgan fingerprint density at radius 3 is 3.33 bits per heavy atom. The normalized spacial score (nSPS) is 25.2. The van der Waals surface area contributed by atoms with E-state index in [0.717, 1.165) is 44.1 Å². The molecule has 0 saturated carbocycles. The smallest absolute Gasteiger partial charge is 0.133 e. The third-order valence-electron chi connectivity index (χ3n) is 3.15. The predicted octanol–water partition coefficient (Wildman–Crippen LogP) is 0.626. The summed E-state index contributed by atoms with van der Waals surface area (Å²) in [5.74, 6) is 1.49. The molecule has 15 heavy (non-hydrogen) atoms. The van der Waals surface area contributed by atoms with Crippen LogP contribution < -0.4 is 5.32 Å². The van der Waals surface area contributed by atoms with Gasteiger partial charge in [0.25, 0.3) is 0 Å². The lowest BCUT2D eigenvalue weighted by molar-refractivity contribution is 0.107. The number of rotatable bonds is 1. The lowest BCUT2D eigenvalue weighted by Crippen LogP contribution is -2.16. The van der Waals surface area contributed by atoms with E-state index >= 15 is 0 Å². The number of nitrogens with one attached hydrogen (secondary N) is 1. The standard InChI is InChI=1S/C11H15N3O/c1-3-12-5-9(1)11-13-6-8-2-4-15-7-10(8)14-11/h6,9,12H,1-5,7H2. The monoisotopic (exact) mass is 205 g/mol. The molecule has 0 radical (unpaired) electrons. The zero-order valence-corrected chi connectivity index (χ0v) is 8.70. The first-order valence-corrected chi connectivity index (χ1v) is 5.56. The summed E-state index contributed by atoms with van der Waals surface area (Å²) in [5.41, 5.74) is 2.36. The number of hydrogen-bond acceptors (Lipinski definition) is 4. The Balaban J connectivity index is 1.89. The van der Waals surface area contributed by atoms with Crippen LogP contribution in [0.2, 0.25) is 0 Å². The average molecular weight is 205 g/mol. The summed E-state index contributed by atoms with van der Waals surface area (Å²) >= 11 is 0. The maximum Gasteiger partial charge on any atom is 0.133 e. The van der Waals surface area contributed by atoms with Crippen molar-refractivity contribution in [1.82, 2.24) is 15.3 Å². The first kappa shape index (κ1) is 9.24. The van der Waals surface area contributed by atoms with E-state index in [9.17, 15) is 0 Å². The van der Waals surface area contributed by atoms with Crippen LogP contribution in [0.3, 0.4) is 0 Å². The molecule has 1 saturated heterocycles. The Labute approximate surface area is 89.1 Å². The van der Waals surface area contributed by atoms with Gasteiger partial charge in [-0.25, -0.2) is 9.97 Å². The van der Waals surface area contributed by atoms with Crippen molar-refractivity contribution < 1.29 is 4.74 Å². The molecule has 3 rings (SSSR count). The van der Waals surface area contributed by atoms with E-state index in [0.29, 0.717) is 12.5 Å². The molecule has 4 nitrogen and oxygen atoms in total. The van der Waals surface area contributed by atoms with Gasteiger partial charge in [0.2, 0.25) is 0 Å². The molecule has 1 aromatic heterocycles. The van der Waals surface area contributed by atoms with Crippen LogP contribution in [0.5, 0.6) is 0 Å². The molecule has 1 aromatic rings. The summed E-state index contributed by atoms with van der Waals surface area (Å²) in [6.07, 6.45) is 4.09. The maximum absolute atomic E-state index is 5.41. The van der Waals surface area contributed by atoms with Gasteiger partial charge in [-0.15, -0.1) is 0 Å². The minimum atomic E-state index is 0.497. The molecule has 0 aliphatic carbocycles. The molecule has 1 atom stereocenters. The summed E-state index contributed by atoms with van der Waals surface area (Å²) in [5, 5.41) is 3.34. The fraction of sp³-hybridized carbons (Fsp3) is 0.636. The van der Waals surface area contributed by atoms with Crippen LogP contribution in [0, 0.1) is 0 Å². The highest BCUT2D eigenvalue weighted by atomic mass is 16.5. The number of nitrogens with zero attached hydrogens (tertiary/aromatic N) is 2. The van der Waals surface area contributed by atoms with E-state index in [1.54, 1.807) is 0 Å². The van der Waals surface area contributed by atoms with Crippen molar-refractivity contribution in [2.45, 2.75) is 25.4 Å². The van der Waals surface area contributed by atoms with E-state index in [4.69, 9.17) is 4.74 Å². The highest BCUT2D eigenvalue weighted by Gasteiger charge is 2.21. The van der Waals surface area contributed by atoms with Gasteiger partial charge in [-0.3, -0.25) is 0 Å². The quantitative estimate of drug-likeness (QED) is 0.730. The van der Waals surface area contributed by atoms with Crippen LogP contribution in [0.1, 0.15) is 29.4 Å². The van der Waals surface area contributed by atoms with E-state index in [1.807, 2.05) is 6.20 Å². The summed E-state index contributed by atoms with van der Waals surface area (Å²) in [7, 11) is 0. The van der Waals surface area contributed by atoms with Crippen molar-refractivity contribution in [3.05, 3.63) is 23.3 Å². The molecule has 0 amide bonds. The van der Waals surface area contributed by atoms with Crippen molar-refractivity contribution in [2.24, 2.45) is 0 Å². The van der Waals surface area contributed by atoms with Gasteiger partial charge in [0.15, 0.2) is 0 Å². The minimum Gasteiger partial charge on any atom is -0.375 e. The highest BCUT2D eigenvalue weighted by molar-refractivity contribution is 5.20. The Morgan fingerprint density at radius 2 is 2.47 bits per heavy atom. The fourth-order valence-corrected chi connectivity index (χ4v) is 2.21. The van der Waals surface area contributed by atoms with Crippen molar-refractivity contribution in [1.29, 1.82) is 0 Å². The second-order valence-electron chi connectivity index (χ2n) is 4.19. The molecule has 2 aliphatic heterocycles. The molecule has 2 aliphatic rings. The van der Waals surface area contributed by atoms with E-state index in [1.165, 1.54) is 5.56 Å². The van der Waals surface area contributed by atoms with Crippen LogP contribution in [0.25, 0.3) is 0 Å². The number of hydrogen-bond donors (Lipinski definition) is 1. The van der Waals surface area contributed by atoms with Gasteiger partial charge < -0.3 is 10.1 Å². The van der Waals surface area contributed by atoms with Crippen LogP contribution in [0.15, 0.2) is 6.20 Å².